The minimum absolute atomic E-state index is 0.0795. The van der Waals surface area contributed by atoms with Crippen LogP contribution in [0.1, 0.15) is 37.4 Å². The van der Waals surface area contributed by atoms with E-state index in [1.165, 1.54) is 5.56 Å². The van der Waals surface area contributed by atoms with Gasteiger partial charge in [-0.05, 0) is 44.0 Å². The van der Waals surface area contributed by atoms with E-state index in [9.17, 15) is 4.79 Å². The van der Waals surface area contributed by atoms with Gasteiger partial charge in [-0.3, -0.25) is 4.79 Å². The predicted octanol–water partition coefficient (Wildman–Crippen LogP) is 1.92. The third-order valence-corrected chi connectivity index (χ3v) is 2.77. The molecule has 1 rings (SSSR count). The van der Waals surface area contributed by atoms with Crippen LogP contribution in [0.2, 0.25) is 0 Å². The zero-order chi connectivity index (χ0) is 13.5. The molecule has 0 bridgehead atoms. The van der Waals surface area contributed by atoms with E-state index >= 15 is 0 Å². The largest absolute Gasteiger partial charge is 0.484 e. The maximum Gasteiger partial charge on any atom is 0.255 e. The molecule has 4 nitrogen and oxygen atoms in total. The van der Waals surface area contributed by atoms with Gasteiger partial charge < -0.3 is 15.8 Å². The van der Waals surface area contributed by atoms with Crippen molar-refractivity contribution in [1.82, 2.24) is 5.32 Å². The Morgan fingerprint density at radius 2 is 2.22 bits per heavy atom. The standard InChI is InChI=1S/C14H22N2O2/c1-4-7-16-11(3)12-5-6-13(10(2)8-12)18-9-14(15)17/h5-6,8,11,16H,4,7,9H2,1-3H3,(H2,15,17). The lowest BCUT2D eigenvalue weighted by atomic mass is 10.0. The number of carbonyl (C=O) groups is 1. The van der Waals surface area contributed by atoms with E-state index in [2.05, 4.69) is 25.2 Å². The summed E-state index contributed by atoms with van der Waals surface area (Å²) in [5.41, 5.74) is 7.28. The Balaban J connectivity index is 2.69. The quantitative estimate of drug-likeness (QED) is 0.777. The van der Waals surface area contributed by atoms with Crippen LogP contribution in [0.25, 0.3) is 0 Å². The molecule has 1 atom stereocenters. The second-order valence-corrected chi connectivity index (χ2v) is 4.46. The van der Waals surface area contributed by atoms with Crippen molar-refractivity contribution < 1.29 is 9.53 Å². The zero-order valence-electron chi connectivity index (χ0n) is 11.3. The summed E-state index contributed by atoms with van der Waals surface area (Å²) >= 11 is 0. The number of carbonyl (C=O) groups excluding carboxylic acids is 1. The van der Waals surface area contributed by atoms with Crippen molar-refractivity contribution in [3.8, 4) is 5.75 Å². The van der Waals surface area contributed by atoms with E-state index in [-0.39, 0.29) is 6.61 Å². The highest BCUT2D eigenvalue weighted by molar-refractivity contribution is 5.75. The van der Waals surface area contributed by atoms with Gasteiger partial charge in [-0.2, -0.15) is 0 Å². The monoisotopic (exact) mass is 250 g/mol. The van der Waals surface area contributed by atoms with Crippen molar-refractivity contribution in [3.05, 3.63) is 29.3 Å². The third-order valence-electron chi connectivity index (χ3n) is 2.77. The van der Waals surface area contributed by atoms with Gasteiger partial charge in [0.2, 0.25) is 0 Å². The molecule has 0 saturated heterocycles. The van der Waals surface area contributed by atoms with E-state index in [0.717, 1.165) is 18.5 Å². The Labute approximate surface area is 109 Å². The smallest absolute Gasteiger partial charge is 0.255 e. The van der Waals surface area contributed by atoms with Crippen LogP contribution in [0.3, 0.4) is 0 Å². The normalized spacial score (nSPS) is 12.2. The molecule has 0 aliphatic carbocycles. The first kappa shape index (κ1) is 14.5. The summed E-state index contributed by atoms with van der Waals surface area (Å²) in [6, 6.07) is 6.28. The molecule has 100 valence electrons. The van der Waals surface area contributed by atoms with Crippen LogP contribution in [-0.4, -0.2) is 19.1 Å². The average Bonchev–Trinajstić information content (AvgIpc) is 2.34. The van der Waals surface area contributed by atoms with Crippen LogP contribution in [-0.2, 0) is 4.79 Å². The number of nitrogens with two attached hydrogens (primary N) is 1. The van der Waals surface area contributed by atoms with Crippen LogP contribution in [0.4, 0.5) is 0 Å². The van der Waals surface area contributed by atoms with Gasteiger partial charge in [0.05, 0.1) is 0 Å². The molecule has 1 amide bonds. The molecular formula is C14H22N2O2. The molecule has 4 heteroatoms. The summed E-state index contributed by atoms with van der Waals surface area (Å²) in [6.45, 7) is 7.16. The Hall–Kier alpha value is -1.55. The number of hydrogen-bond donors (Lipinski definition) is 2. The molecule has 0 heterocycles. The lowest BCUT2D eigenvalue weighted by Crippen LogP contribution is -2.21. The van der Waals surface area contributed by atoms with Gasteiger partial charge in [0.1, 0.15) is 5.75 Å². The SMILES string of the molecule is CCCNC(C)c1ccc(OCC(N)=O)c(C)c1. The predicted molar refractivity (Wildman–Crippen MR) is 72.6 cm³/mol. The highest BCUT2D eigenvalue weighted by Gasteiger charge is 2.07. The second kappa shape index (κ2) is 7.01. The van der Waals surface area contributed by atoms with E-state index in [0.29, 0.717) is 11.8 Å². The fraction of sp³-hybridized carbons (Fsp3) is 0.500. The van der Waals surface area contributed by atoms with Gasteiger partial charge >= 0.3 is 0 Å². The minimum Gasteiger partial charge on any atom is -0.484 e. The van der Waals surface area contributed by atoms with Crippen LogP contribution < -0.4 is 15.8 Å². The van der Waals surface area contributed by atoms with Crippen molar-refractivity contribution in [3.63, 3.8) is 0 Å². The first-order valence-electron chi connectivity index (χ1n) is 6.29. The van der Waals surface area contributed by atoms with Crippen LogP contribution in [0.15, 0.2) is 18.2 Å². The van der Waals surface area contributed by atoms with E-state index < -0.39 is 5.91 Å². The fourth-order valence-electron chi connectivity index (χ4n) is 1.73. The molecule has 0 radical (unpaired) electrons. The third kappa shape index (κ3) is 4.37. The molecule has 0 fully saturated rings. The zero-order valence-corrected chi connectivity index (χ0v) is 11.3. The molecule has 3 N–H and O–H groups in total. The van der Waals surface area contributed by atoms with Crippen LogP contribution in [0.5, 0.6) is 5.75 Å². The minimum atomic E-state index is -0.462. The number of aryl methyl sites for hydroxylation is 1. The van der Waals surface area contributed by atoms with Gasteiger partial charge in [-0.25, -0.2) is 0 Å². The topological polar surface area (TPSA) is 64.3 Å². The molecule has 1 aromatic rings. The summed E-state index contributed by atoms with van der Waals surface area (Å²) in [5.74, 6) is 0.247. The number of benzene rings is 1. The summed E-state index contributed by atoms with van der Waals surface area (Å²) in [4.78, 5) is 10.7. The molecule has 0 saturated carbocycles. The molecule has 0 aliphatic heterocycles. The molecular weight excluding hydrogens is 228 g/mol. The average molecular weight is 250 g/mol. The highest BCUT2D eigenvalue weighted by Crippen LogP contribution is 2.22. The van der Waals surface area contributed by atoms with Crippen molar-refractivity contribution in [1.29, 1.82) is 0 Å². The lowest BCUT2D eigenvalue weighted by Gasteiger charge is -2.16. The Morgan fingerprint density at radius 3 is 2.78 bits per heavy atom. The number of primary amides is 1. The molecule has 0 aromatic heterocycles. The van der Waals surface area contributed by atoms with Gasteiger partial charge in [-0.15, -0.1) is 0 Å². The number of rotatable bonds is 7. The lowest BCUT2D eigenvalue weighted by molar-refractivity contribution is -0.119. The van der Waals surface area contributed by atoms with Gasteiger partial charge in [0.25, 0.3) is 5.91 Å². The maximum atomic E-state index is 10.7. The number of ether oxygens (including phenoxy) is 1. The number of nitrogens with one attached hydrogen (secondary N) is 1. The number of hydrogen-bond acceptors (Lipinski definition) is 3. The fourth-order valence-corrected chi connectivity index (χ4v) is 1.73. The van der Waals surface area contributed by atoms with Crippen LogP contribution >= 0.6 is 0 Å². The molecule has 0 spiro atoms. The van der Waals surface area contributed by atoms with E-state index in [4.69, 9.17) is 10.5 Å². The Kier molecular flexibility index (Phi) is 5.65. The van der Waals surface area contributed by atoms with E-state index in [1.807, 2.05) is 19.1 Å². The van der Waals surface area contributed by atoms with E-state index in [1.54, 1.807) is 0 Å². The second-order valence-electron chi connectivity index (χ2n) is 4.46. The summed E-state index contributed by atoms with van der Waals surface area (Å²) in [6.07, 6.45) is 1.11. The molecule has 18 heavy (non-hydrogen) atoms. The molecule has 0 aliphatic rings. The first-order chi connectivity index (χ1) is 8.54. The van der Waals surface area contributed by atoms with Crippen molar-refractivity contribution in [2.75, 3.05) is 13.2 Å². The summed E-state index contributed by atoms with van der Waals surface area (Å²) < 4.78 is 5.32. The van der Waals surface area contributed by atoms with Crippen molar-refractivity contribution >= 4 is 5.91 Å². The summed E-state index contributed by atoms with van der Waals surface area (Å²) in [7, 11) is 0. The highest BCUT2D eigenvalue weighted by atomic mass is 16.5. The molecule has 1 aromatic carbocycles. The van der Waals surface area contributed by atoms with Gasteiger partial charge in [0, 0.05) is 6.04 Å². The van der Waals surface area contributed by atoms with Gasteiger partial charge in [0.15, 0.2) is 6.61 Å². The maximum absolute atomic E-state index is 10.7. The van der Waals surface area contributed by atoms with Crippen molar-refractivity contribution in [2.45, 2.75) is 33.2 Å². The van der Waals surface area contributed by atoms with Crippen LogP contribution in [0, 0.1) is 6.92 Å². The molecule has 1 unspecified atom stereocenters. The Morgan fingerprint density at radius 1 is 1.50 bits per heavy atom. The summed E-state index contributed by atoms with van der Waals surface area (Å²) in [5, 5.41) is 3.43. The van der Waals surface area contributed by atoms with Crippen molar-refractivity contribution in [2.24, 2.45) is 5.73 Å². The first-order valence-corrected chi connectivity index (χ1v) is 6.29. The van der Waals surface area contributed by atoms with Gasteiger partial charge in [-0.1, -0.05) is 19.1 Å². The number of amides is 1. The Bertz CT molecular complexity index is 405.